The van der Waals surface area contributed by atoms with E-state index in [9.17, 15) is 18.0 Å². The zero-order chi connectivity index (χ0) is 21.6. The fourth-order valence-electron chi connectivity index (χ4n) is 3.68. The van der Waals surface area contributed by atoms with Crippen LogP contribution in [0, 0.1) is 6.92 Å². The number of hydrogen-bond donors (Lipinski definition) is 0. The van der Waals surface area contributed by atoms with Crippen LogP contribution in [0.1, 0.15) is 22.5 Å². The van der Waals surface area contributed by atoms with E-state index < -0.39 is 11.7 Å². The van der Waals surface area contributed by atoms with Crippen molar-refractivity contribution < 1.29 is 13.2 Å². The predicted molar refractivity (Wildman–Crippen MR) is 107 cm³/mol. The van der Waals surface area contributed by atoms with Crippen molar-refractivity contribution in [2.24, 2.45) is 7.05 Å². The molecule has 0 fully saturated rings. The van der Waals surface area contributed by atoms with E-state index in [1.807, 2.05) is 25.1 Å². The van der Waals surface area contributed by atoms with Crippen molar-refractivity contribution in [3.05, 3.63) is 75.3 Å². The molecule has 0 N–H and O–H groups in total. The second-order valence-electron chi connectivity index (χ2n) is 7.46. The van der Waals surface area contributed by atoms with Gasteiger partial charge in [-0.2, -0.15) is 13.2 Å². The number of alkyl halides is 3. The maximum absolute atomic E-state index is 13.3. The van der Waals surface area contributed by atoms with E-state index in [0.717, 1.165) is 11.6 Å². The Hall–Kier alpha value is -3.20. The second-order valence-corrected chi connectivity index (χ2v) is 7.46. The highest BCUT2D eigenvalue weighted by molar-refractivity contribution is 5.81. The fraction of sp³-hybridized carbons (Fsp3) is 0.286. The van der Waals surface area contributed by atoms with Crippen molar-refractivity contribution in [2.45, 2.75) is 26.2 Å². The monoisotopic (exact) mass is 415 g/mol. The molecule has 0 amide bonds. The maximum atomic E-state index is 13.3. The largest absolute Gasteiger partial charge is 0.416 e. The molecule has 156 valence electrons. The van der Waals surface area contributed by atoms with E-state index in [4.69, 9.17) is 0 Å². The molecular formula is C21H20F3N5O. The van der Waals surface area contributed by atoms with Gasteiger partial charge in [0.1, 0.15) is 0 Å². The summed E-state index contributed by atoms with van der Waals surface area (Å²) >= 11 is 0. The molecule has 0 spiro atoms. The lowest BCUT2D eigenvalue weighted by Crippen LogP contribution is -2.23. The van der Waals surface area contributed by atoms with Crippen molar-refractivity contribution in [3.63, 3.8) is 0 Å². The molecule has 0 saturated carbocycles. The molecule has 6 nitrogen and oxygen atoms in total. The van der Waals surface area contributed by atoms with Crippen molar-refractivity contribution in [1.82, 2.24) is 24.1 Å². The lowest BCUT2D eigenvalue weighted by Gasteiger charge is -2.19. The van der Waals surface area contributed by atoms with Crippen molar-refractivity contribution >= 4 is 16.7 Å². The maximum Gasteiger partial charge on any atom is 0.416 e. The number of aryl methyl sites for hydroxylation is 2. The van der Waals surface area contributed by atoms with Crippen LogP contribution in [0.15, 0.2) is 47.3 Å². The minimum absolute atomic E-state index is 0.0907. The molecule has 4 rings (SSSR count). The van der Waals surface area contributed by atoms with Gasteiger partial charge in [-0.3, -0.25) is 18.7 Å². The Bertz CT molecular complexity index is 1310. The summed E-state index contributed by atoms with van der Waals surface area (Å²) in [7, 11) is 3.35. The van der Waals surface area contributed by atoms with E-state index in [-0.39, 0.29) is 24.2 Å². The van der Waals surface area contributed by atoms with Crippen molar-refractivity contribution in [2.75, 3.05) is 7.05 Å². The van der Waals surface area contributed by atoms with Crippen LogP contribution in [0.5, 0.6) is 0 Å². The molecule has 2 aromatic heterocycles. The van der Waals surface area contributed by atoms with Gasteiger partial charge in [-0.1, -0.05) is 29.8 Å². The van der Waals surface area contributed by atoms with Gasteiger partial charge in [-0.05, 0) is 37.7 Å². The highest BCUT2D eigenvalue weighted by atomic mass is 19.4. The molecule has 30 heavy (non-hydrogen) atoms. The number of fused-ring (bicyclic) bond motifs is 3. The van der Waals surface area contributed by atoms with E-state index in [0.29, 0.717) is 22.5 Å². The average Bonchev–Trinajstić information content (AvgIpc) is 3.09. The molecule has 9 heteroatoms. The van der Waals surface area contributed by atoms with Gasteiger partial charge in [0.25, 0.3) is 5.56 Å². The number of rotatable bonds is 4. The lowest BCUT2D eigenvalue weighted by molar-refractivity contribution is -0.138. The summed E-state index contributed by atoms with van der Waals surface area (Å²) in [4.78, 5) is 14.4. The zero-order valence-electron chi connectivity index (χ0n) is 16.7. The Labute approximate surface area is 170 Å². The van der Waals surface area contributed by atoms with Crippen LogP contribution in [-0.4, -0.2) is 31.1 Å². The fourth-order valence-corrected chi connectivity index (χ4v) is 3.68. The summed E-state index contributed by atoms with van der Waals surface area (Å²) in [6.07, 6.45) is -4.41. The van der Waals surface area contributed by atoms with Crippen molar-refractivity contribution in [3.8, 4) is 0 Å². The summed E-state index contributed by atoms with van der Waals surface area (Å²) in [6, 6.07) is 11.1. The van der Waals surface area contributed by atoms with Crippen LogP contribution in [-0.2, 0) is 26.3 Å². The Kier molecular flexibility index (Phi) is 4.85. The molecular weight excluding hydrogens is 395 g/mol. The number of halogens is 3. The first kappa shape index (κ1) is 20.1. The normalized spacial score (nSPS) is 12.4. The molecule has 2 aromatic carbocycles. The zero-order valence-corrected chi connectivity index (χ0v) is 16.7. The van der Waals surface area contributed by atoms with Crippen LogP contribution >= 0.6 is 0 Å². The topological polar surface area (TPSA) is 55.4 Å². The highest BCUT2D eigenvalue weighted by Gasteiger charge is 2.33. The third-order valence-corrected chi connectivity index (χ3v) is 5.12. The van der Waals surface area contributed by atoms with Gasteiger partial charge in [0, 0.05) is 13.6 Å². The van der Waals surface area contributed by atoms with Crippen LogP contribution in [0.2, 0.25) is 0 Å². The van der Waals surface area contributed by atoms with E-state index in [2.05, 4.69) is 10.2 Å². The van der Waals surface area contributed by atoms with Gasteiger partial charge in [0.05, 0.1) is 23.0 Å². The molecule has 0 unspecified atom stereocenters. The summed E-state index contributed by atoms with van der Waals surface area (Å²) in [5.41, 5.74) is 0.991. The van der Waals surface area contributed by atoms with Crippen LogP contribution in [0.3, 0.4) is 0 Å². The van der Waals surface area contributed by atoms with Crippen LogP contribution < -0.4 is 5.56 Å². The molecule has 0 atom stereocenters. The molecule has 0 bridgehead atoms. The van der Waals surface area contributed by atoms with E-state index in [1.54, 1.807) is 29.5 Å². The SMILES string of the molecule is Cc1ccc2c(c1)c(=O)n(C)c1nnc(CN(C)Cc3ccccc3C(F)(F)F)n21. The minimum atomic E-state index is -4.41. The third kappa shape index (κ3) is 3.45. The highest BCUT2D eigenvalue weighted by Crippen LogP contribution is 2.32. The van der Waals surface area contributed by atoms with Crippen molar-refractivity contribution in [1.29, 1.82) is 0 Å². The molecule has 0 saturated heterocycles. The van der Waals surface area contributed by atoms with Gasteiger partial charge in [0.15, 0.2) is 5.82 Å². The first-order valence-corrected chi connectivity index (χ1v) is 9.34. The molecule has 4 aromatic rings. The van der Waals surface area contributed by atoms with E-state index >= 15 is 0 Å². The van der Waals surface area contributed by atoms with Crippen LogP contribution in [0.4, 0.5) is 13.2 Å². The first-order valence-electron chi connectivity index (χ1n) is 9.34. The van der Waals surface area contributed by atoms with Gasteiger partial charge >= 0.3 is 6.18 Å². The number of nitrogens with zero attached hydrogens (tertiary/aromatic N) is 5. The summed E-state index contributed by atoms with van der Waals surface area (Å²) in [5, 5.41) is 8.89. The Morgan fingerprint density at radius 3 is 2.53 bits per heavy atom. The summed E-state index contributed by atoms with van der Waals surface area (Å²) in [5.74, 6) is 0.928. The predicted octanol–water partition coefficient (Wildman–Crippen LogP) is 3.54. The number of benzene rings is 2. The molecule has 0 aliphatic carbocycles. The van der Waals surface area contributed by atoms with Gasteiger partial charge in [-0.25, -0.2) is 0 Å². The Balaban J connectivity index is 1.74. The first-order chi connectivity index (χ1) is 14.2. The van der Waals surface area contributed by atoms with Crippen LogP contribution in [0.25, 0.3) is 16.7 Å². The Morgan fingerprint density at radius 1 is 1.07 bits per heavy atom. The van der Waals surface area contributed by atoms with E-state index in [1.165, 1.54) is 16.7 Å². The van der Waals surface area contributed by atoms with Gasteiger partial charge in [0.2, 0.25) is 5.78 Å². The third-order valence-electron chi connectivity index (χ3n) is 5.12. The number of hydrogen-bond acceptors (Lipinski definition) is 4. The average molecular weight is 415 g/mol. The molecule has 2 heterocycles. The smallest absolute Gasteiger partial charge is 0.295 e. The summed E-state index contributed by atoms with van der Waals surface area (Å²) < 4.78 is 43.1. The quantitative estimate of drug-likeness (QED) is 0.512. The second kappa shape index (κ2) is 7.24. The lowest BCUT2D eigenvalue weighted by atomic mass is 10.1. The molecule has 0 aliphatic rings. The number of aromatic nitrogens is 4. The minimum Gasteiger partial charge on any atom is -0.295 e. The molecule has 0 radical (unpaired) electrons. The summed E-state index contributed by atoms with van der Waals surface area (Å²) in [6.45, 7) is 2.25. The molecule has 0 aliphatic heterocycles. The Morgan fingerprint density at radius 2 is 1.80 bits per heavy atom. The standard InChI is InChI=1S/C21H20F3N5O/c1-13-8-9-17-15(10-13)19(30)28(3)20-26-25-18(29(17)20)12-27(2)11-14-6-4-5-7-16(14)21(22,23)24/h4-10H,11-12H2,1-3H3. The van der Waals surface area contributed by atoms with Gasteiger partial charge in [-0.15, -0.1) is 10.2 Å². The van der Waals surface area contributed by atoms with Gasteiger partial charge < -0.3 is 0 Å².